The van der Waals surface area contributed by atoms with Crippen LogP contribution in [0.5, 0.6) is 0 Å². The molecular formula is C4H4I2N2. The first-order valence-corrected chi connectivity index (χ1v) is 4.09. The van der Waals surface area contributed by atoms with E-state index >= 15 is 0 Å². The highest BCUT2D eigenvalue weighted by atomic mass is 127. The van der Waals surface area contributed by atoms with Gasteiger partial charge in [-0.1, -0.05) is 0 Å². The summed E-state index contributed by atoms with van der Waals surface area (Å²) in [5.74, 6) is 0. The second-order valence-corrected chi connectivity index (χ2v) is 3.48. The van der Waals surface area contributed by atoms with Crippen LogP contribution in [0.3, 0.4) is 0 Å². The highest BCUT2D eigenvalue weighted by molar-refractivity contribution is 14.1. The van der Waals surface area contributed by atoms with Gasteiger partial charge in [0.2, 0.25) is 0 Å². The third-order valence-electron chi connectivity index (χ3n) is 0.673. The number of nitrogens with zero attached hydrogens (tertiary/aromatic N) is 1. The van der Waals surface area contributed by atoms with E-state index in [1.165, 1.54) is 0 Å². The first-order chi connectivity index (χ1) is 3.79. The van der Waals surface area contributed by atoms with E-state index in [9.17, 15) is 0 Å². The van der Waals surface area contributed by atoms with Crippen molar-refractivity contribution in [3.05, 3.63) is 22.1 Å². The molecule has 0 spiro atoms. The van der Waals surface area contributed by atoms with Crippen LogP contribution in [0.2, 0.25) is 0 Å². The monoisotopic (exact) mass is 334 g/mol. The van der Waals surface area contributed by atoms with Crippen LogP contribution in [0, 0.1) is 0 Å². The summed E-state index contributed by atoms with van der Waals surface area (Å²) in [7, 11) is 0. The van der Waals surface area contributed by atoms with Gasteiger partial charge in [-0.05, 0) is 34.7 Å². The maximum absolute atomic E-state index is 3.06. The third kappa shape index (κ3) is 1.81. The number of rotatable bonds is 0. The Balaban J connectivity index is 2.59. The van der Waals surface area contributed by atoms with E-state index in [-0.39, 0.29) is 0 Å². The fraction of sp³-hybridized carbons (Fsp3) is 0. The molecule has 0 saturated carbocycles. The van der Waals surface area contributed by atoms with Crippen molar-refractivity contribution in [3.63, 3.8) is 0 Å². The number of hydrazine groups is 1. The van der Waals surface area contributed by atoms with Crippen molar-refractivity contribution >= 4 is 45.5 Å². The molecular weight excluding hydrogens is 330 g/mol. The lowest BCUT2D eigenvalue weighted by molar-refractivity contribution is 0.572. The lowest BCUT2D eigenvalue weighted by Gasteiger charge is -2.15. The van der Waals surface area contributed by atoms with Crippen LogP contribution in [0.15, 0.2) is 22.1 Å². The summed E-state index contributed by atoms with van der Waals surface area (Å²) in [5, 5.41) is 0. The Kier molecular flexibility index (Phi) is 2.42. The van der Waals surface area contributed by atoms with E-state index in [0.717, 1.165) is 3.70 Å². The molecule has 0 saturated heterocycles. The molecule has 0 aromatic carbocycles. The Morgan fingerprint density at radius 1 is 1.62 bits per heavy atom. The summed E-state index contributed by atoms with van der Waals surface area (Å²) >= 11 is 4.39. The fourth-order valence-corrected chi connectivity index (χ4v) is 1.75. The van der Waals surface area contributed by atoms with Crippen molar-refractivity contribution in [1.82, 2.24) is 8.65 Å². The minimum atomic E-state index is 1.14. The highest BCUT2D eigenvalue weighted by Gasteiger charge is 1.95. The van der Waals surface area contributed by atoms with E-state index in [2.05, 4.69) is 50.9 Å². The maximum Gasteiger partial charge on any atom is 0.0930 e. The van der Waals surface area contributed by atoms with Gasteiger partial charge in [0.25, 0.3) is 0 Å². The summed E-state index contributed by atoms with van der Waals surface area (Å²) in [6.07, 6.45) is 5.95. The first-order valence-electron chi connectivity index (χ1n) is 2.05. The molecule has 1 N–H and O–H groups in total. The lowest BCUT2D eigenvalue weighted by Crippen LogP contribution is -2.22. The minimum Gasteiger partial charge on any atom is -0.284 e. The van der Waals surface area contributed by atoms with Crippen LogP contribution in [0.25, 0.3) is 0 Å². The highest BCUT2D eigenvalue weighted by Crippen LogP contribution is 2.10. The summed E-state index contributed by atoms with van der Waals surface area (Å²) in [6.45, 7) is 0. The second kappa shape index (κ2) is 2.90. The van der Waals surface area contributed by atoms with Crippen molar-refractivity contribution in [3.8, 4) is 0 Å². The van der Waals surface area contributed by atoms with Gasteiger partial charge in [-0.15, -0.1) is 0 Å². The van der Waals surface area contributed by atoms with Gasteiger partial charge >= 0.3 is 0 Å². The Morgan fingerprint density at radius 3 is 2.75 bits per heavy atom. The van der Waals surface area contributed by atoms with E-state index in [4.69, 9.17) is 0 Å². The minimum absolute atomic E-state index is 1.14. The molecule has 1 aliphatic heterocycles. The summed E-state index contributed by atoms with van der Waals surface area (Å²) < 4.78 is 3.01. The molecule has 0 unspecified atom stereocenters. The molecule has 1 rings (SSSR count). The van der Waals surface area contributed by atoms with Crippen molar-refractivity contribution in [2.75, 3.05) is 0 Å². The number of hydrogen-bond acceptors (Lipinski definition) is 2. The molecule has 4 heteroatoms. The van der Waals surface area contributed by atoms with Gasteiger partial charge in [0.15, 0.2) is 0 Å². The SMILES string of the molecule is IC1=CC=CN(I)N1. The van der Waals surface area contributed by atoms with Gasteiger partial charge in [0.1, 0.15) is 0 Å². The summed E-state index contributed by atoms with van der Waals surface area (Å²) in [5.41, 5.74) is 3.06. The Hall–Kier alpha value is 0.540. The van der Waals surface area contributed by atoms with Gasteiger partial charge < -0.3 is 0 Å². The summed E-state index contributed by atoms with van der Waals surface area (Å²) in [4.78, 5) is 0. The largest absolute Gasteiger partial charge is 0.284 e. The van der Waals surface area contributed by atoms with Crippen LogP contribution in [0.1, 0.15) is 0 Å². The molecule has 1 heterocycles. The molecule has 2 nitrogen and oxygen atoms in total. The van der Waals surface area contributed by atoms with Crippen molar-refractivity contribution in [1.29, 1.82) is 0 Å². The molecule has 0 aliphatic carbocycles. The number of hydrogen-bond donors (Lipinski definition) is 1. The zero-order valence-corrected chi connectivity index (χ0v) is 8.25. The lowest BCUT2D eigenvalue weighted by atomic mass is 10.5. The van der Waals surface area contributed by atoms with Crippen LogP contribution >= 0.6 is 45.5 Å². The Labute approximate surface area is 75.6 Å². The average Bonchev–Trinajstić information content (AvgIpc) is 1.64. The van der Waals surface area contributed by atoms with Gasteiger partial charge in [0, 0.05) is 6.20 Å². The third-order valence-corrected chi connectivity index (χ3v) is 1.84. The number of allylic oxidation sites excluding steroid dienone is 2. The summed E-state index contributed by atoms with van der Waals surface area (Å²) in [6, 6.07) is 0. The predicted octanol–water partition coefficient (Wildman–Crippen LogP) is 1.95. The molecule has 0 amide bonds. The van der Waals surface area contributed by atoms with Crippen LogP contribution in [-0.2, 0) is 0 Å². The number of halogens is 2. The van der Waals surface area contributed by atoms with E-state index < -0.39 is 0 Å². The molecule has 0 atom stereocenters. The number of nitrogens with one attached hydrogen (secondary N) is 1. The second-order valence-electron chi connectivity index (χ2n) is 1.28. The average molecular weight is 334 g/mol. The Morgan fingerprint density at radius 2 is 2.38 bits per heavy atom. The quantitative estimate of drug-likeness (QED) is 0.414. The van der Waals surface area contributed by atoms with Gasteiger partial charge in [-0.3, -0.25) is 5.43 Å². The van der Waals surface area contributed by atoms with Crippen molar-refractivity contribution in [2.45, 2.75) is 0 Å². The fourth-order valence-electron chi connectivity index (χ4n) is 0.380. The maximum atomic E-state index is 3.06. The van der Waals surface area contributed by atoms with E-state index in [1.54, 1.807) is 0 Å². The Bertz CT molecular complexity index is 141. The van der Waals surface area contributed by atoms with Gasteiger partial charge in [-0.2, -0.15) is 0 Å². The van der Waals surface area contributed by atoms with Crippen LogP contribution in [0.4, 0.5) is 0 Å². The molecule has 0 fully saturated rings. The molecule has 44 valence electrons. The molecule has 0 aromatic rings. The smallest absolute Gasteiger partial charge is 0.0930 e. The van der Waals surface area contributed by atoms with Crippen LogP contribution in [-0.4, -0.2) is 3.22 Å². The predicted molar refractivity (Wildman–Crippen MR) is 50.2 cm³/mol. The van der Waals surface area contributed by atoms with E-state index in [0.29, 0.717) is 0 Å². The van der Waals surface area contributed by atoms with Crippen molar-refractivity contribution in [2.24, 2.45) is 0 Å². The molecule has 0 aromatic heterocycles. The zero-order chi connectivity index (χ0) is 5.98. The molecule has 8 heavy (non-hydrogen) atoms. The zero-order valence-electron chi connectivity index (χ0n) is 3.94. The van der Waals surface area contributed by atoms with E-state index in [1.807, 2.05) is 21.6 Å². The van der Waals surface area contributed by atoms with Crippen molar-refractivity contribution < 1.29 is 0 Å². The standard InChI is InChI=1S/C4H4I2N2/c5-4-2-1-3-8(6)7-4/h1-3,7H. The van der Waals surface area contributed by atoms with Crippen LogP contribution < -0.4 is 5.43 Å². The van der Waals surface area contributed by atoms with Gasteiger partial charge in [0.05, 0.1) is 26.6 Å². The first kappa shape index (κ1) is 6.66. The van der Waals surface area contributed by atoms with Gasteiger partial charge in [-0.25, -0.2) is 3.22 Å². The molecule has 1 aliphatic rings. The normalized spacial score (nSPS) is 17.8. The molecule has 0 radical (unpaired) electrons. The topological polar surface area (TPSA) is 15.3 Å². The molecule has 0 bridgehead atoms.